The summed E-state index contributed by atoms with van der Waals surface area (Å²) in [5.74, 6) is -0.559. The van der Waals surface area contributed by atoms with E-state index in [9.17, 15) is 10.1 Å². The molecule has 1 aliphatic rings. The first-order valence-corrected chi connectivity index (χ1v) is 6.95. The van der Waals surface area contributed by atoms with Crippen LogP contribution in [0.4, 0.5) is 5.69 Å². The first kappa shape index (κ1) is 13.7. The van der Waals surface area contributed by atoms with E-state index >= 15 is 0 Å². The van der Waals surface area contributed by atoms with Crippen LogP contribution in [-0.2, 0) is 15.3 Å². The van der Waals surface area contributed by atoms with Gasteiger partial charge in [0.25, 0.3) is 5.69 Å². The molecule has 1 aromatic rings. The molecule has 7 heteroatoms. The Bertz CT molecular complexity index is 441. The Balaban J connectivity index is 2.25. The largest absolute Gasteiger partial charge is 0.342 e. The highest BCUT2D eigenvalue weighted by Gasteiger charge is 2.42. The van der Waals surface area contributed by atoms with Gasteiger partial charge in [-0.2, -0.15) is 0 Å². The Labute approximate surface area is 117 Å². The molecule has 0 spiro atoms. The fraction of sp³-hybridized carbons (Fsp3) is 0.455. The number of nitro benzene ring substituents is 1. The van der Waals surface area contributed by atoms with Gasteiger partial charge in [-0.25, -0.2) is 0 Å². The first-order chi connectivity index (χ1) is 8.61. The molecular formula is C11H11BrClNO4. The fourth-order valence-corrected chi connectivity index (χ4v) is 2.55. The second-order valence-corrected chi connectivity index (χ2v) is 4.77. The van der Waals surface area contributed by atoms with Gasteiger partial charge in [-0.05, 0) is 12.1 Å². The minimum Gasteiger partial charge on any atom is -0.342 e. The van der Waals surface area contributed by atoms with Crippen molar-refractivity contribution >= 4 is 33.2 Å². The second kappa shape index (κ2) is 5.52. The van der Waals surface area contributed by atoms with Gasteiger partial charge < -0.3 is 9.47 Å². The molecule has 2 atom stereocenters. The summed E-state index contributed by atoms with van der Waals surface area (Å²) in [6.07, 6.45) is -0.167. The van der Waals surface area contributed by atoms with Crippen LogP contribution >= 0.6 is 27.5 Å². The summed E-state index contributed by atoms with van der Waals surface area (Å²) in [6.45, 7) is 0.409. The lowest BCUT2D eigenvalue weighted by atomic mass is 10.1. The molecule has 1 aromatic carbocycles. The lowest BCUT2D eigenvalue weighted by Crippen LogP contribution is -2.30. The van der Waals surface area contributed by atoms with Gasteiger partial charge >= 0.3 is 0 Å². The predicted molar refractivity (Wildman–Crippen MR) is 70.1 cm³/mol. The first-order valence-electron chi connectivity index (χ1n) is 5.30. The molecule has 18 heavy (non-hydrogen) atoms. The van der Waals surface area contributed by atoms with E-state index in [2.05, 4.69) is 15.9 Å². The molecule has 1 saturated heterocycles. The Kier molecular flexibility index (Phi) is 4.21. The Morgan fingerprint density at radius 2 is 2.17 bits per heavy atom. The van der Waals surface area contributed by atoms with Gasteiger partial charge in [0, 0.05) is 17.7 Å². The van der Waals surface area contributed by atoms with Gasteiger partial charge in [0.1, 0.15) is 0 Å². The predicted octanol–water partition coefficient (Wildman–Crippen LogP) is 2.80. The van der Waals surface area contributed by atoms with Gasteiger partial charge in [0.15, 0.2) is 0 Å². The number of alkyl halides is 2. The number of benzene rings is 1. The summed E-state index contributed by atoms with van der Waals surface area (Å²) in [6, 6.07) is 6.13. The molecule has 0 bridgehead atoms. The average Bonchev–Trinajstić information content (AvgIpc) is 2.84. The summed E-state index contributed by atoms with van der Waals surface area (Å²) in [5, 5.41) is 11.0. The van der Waals surface area contributed by atoms with Crippen molar-refractivity contribution in [2.75, 3.05) is 17.8 Å². The zero-order valence-electron chi connectivity index (χ0n) is 9.34. The fourth-order valence-electron chi connectivity index (χ4n) is 1.78. The van der Waals surface area contributed by atoms with Crippen LogP contribution in [0.15, 0.2) is 24.3 Å². The van der Waals surface area contributed by atoms with Crippen molar-refractivity contribution < 1.29 is 14.4 Å². The zero-order valence-corrected chi connectivity index (χ0v) is 11.7. The maximum atomic E-state index is 10.6. The molecule has 1 heterocycles. The molecule has 98 valence electrons. The van der Waals surface area contributed by atoms with E-state index in [0.717, 1.165) is 5.56 Å². The van der Waals surface area contributed by atoms with Crippen LogP contribution in [0.5, 0.6) is 0 Å². The summed E-state index contributed by atoms with van der Waals surface area (Å²) < 4.78 is 11.4. The SMILES string of the molecule is O=[N+]([O-])c1ccc([C@@]2(CBr)OC[C@@H](CCl)O2)cc1. The van der Waals surface area contributed by atoms with Crippen LogP contribution in [0.2, 0.25) is 0 Å². The highest BCUT2D eigenvalue weighted by molar-refractivity contribution is 9.09. The summed E-state index contributed by atoms with van der Waals surface area (Å²) in [4.78, 5) is 10.2. The maximum Gasteiger partial charge on any atom is 0.269 e. The molecule has 0 amide bonds. The number of halogens is 2. The molecule has 0 saturated carbocycles. The molecule has 0 aliphatic carbocycles. The third-order valence-corrected chi connectivity index (χ3v) is 3.81. The topological polar surface area (TPSA) is 61.6 Å². The van der Waals surface area contributed by atoms with E-state index < -0.39 is 10.7 Å². The van der Waals surface area contributed by atoms with Crippen LogP contribution in [0, 0.1) is 10.1 Å². The van der Waals surface area contributed by atoms with E-state index in [1.807, 2.05) is 0 Å². The highest BCUT2D eigenvalue weighted by atomic mass is 79.9. The zero-order chi connectivity index (χ0) is 13.2. The van der Waals surface area contributed by atoms with Gasteiger partial charge in [-0.3, -0.25) is 10.1 Å². The molecule has 0 radical (unpaired) electrons. The van der Waals surface area contributed by atoms with Crippen LogP contribution in [0.3, 0.4) is 0 Å². The minimum absolute atomic E-state index is 0.0374. The standard InChI is InChI=1S/C11H11BrClNO4/c12-7-11(17-6-10(5-13)18-11)8-1-3-9(4-2-8)14(15)16/h1-4,10H,5-7H2/t10-,11+/m1/s1. The van der Waals surface area contributed by atoms with E-state index in [1.54, 1.807) is 12.1 Å². The van der Waals surface area contributed by atoms with Gasteiger partial charge in [-0.15, -0.1) is 11.6 Å². The van der Waals surface area contributed by atoms with Crippen LogP contribution < -0.4 is 0 Å². The van der Waals surface area contributed by atoms with Gasteiger partial charge in [0.05, 0.1) is 28.8 Å². The quantitative estimate of drug-likeness (QED) is 0.482. The third-order valence-electron chi connectivity index (χ3n) is 2.73. The summed E-state index contributed by atoms with van der Waals surface area (Å²) in [7, 11) is 0. The number of non-ortho nitro benzene ring substituents is 1. The van der Waals surface area contributed by atoms with Crippen molar-refractivity contribution in [3.63, 3.8) is 0 Å². The Morgan fingerprint density at radius 1 is 1.50 bits per heavy atom. The molecule has 1 fully saturated rings. The van der Waals surface area contributed by atoms with E-state index in [-0.39, 0.29) is 11.8 Å². The minimum atomic E-state index is -0.908. The molecule has 1 aliphatic heterocycles. The smallest absolute Gasteiger partial charge is 0.269 e. The average molecular weight is 337 g/mol. The third kappa shape index (κ3) is 2.51. The molecule has 0 unspecified atom stereocenters. The number of hydrogen-bond acceptors (Lipinski definition) is 4. The van der Waals surface area contributed by atoms with Gasteiger partial charge in [-0.1, -0.05) is 15.9 Å². The lowest BCUT2D eigenvalue weighted by molar-refractivity contribution is -0.384. The lowest BCUT2D eigenvalue weighted by Gasteiger charge is -2.26. The van der Waals surface area contributed by atoms with Gasteiger partial charge in [0.2, 0.25) is 5.79 Å². The number of hydrogen-bond donors (Lipinski definition) is 0. The van der Waals surface area contributed by atoms with Crippen LogP contribution in [0.1, 0.15) is 5.56 Å². The van der Waals surface area contributed by atoms with Crippen molar-refractivity contribution in [1.29, 1.82) is 0 Å². The van der Waals surface area contributed by atoms with Crippen molar-refractivity contribution in [2.45, 2.75) is 11.9 Å². The van der Waals surface area contributed by atoms with Crippen LogP contribution in [0.25, 0.3) is 0 Å². The van der Waals surface area contributed by atoms with Crippen molar-refractivity contribution in [1.82, 2.24) is 0 Å². The maximum absolute atomic E-state index is 10.6. The Morgan fingerprint density at radius 3 is 2.61 bits per heavy atom. The normalized spacial score (nSPS) is 27.3. The highest BCUT2D eigenvalue weighted by Crippen LogP contribution is 2.36. The molecule has 2 rings (SSSR count). The number of rotatable bonds is 4. The van der Waals surface area contributed by atoms with Crippen LogP contribution in [-0.4, -0.2) is 28.8 Å². The van der Waals surface area contributed by atoms with E-state index in [0.29, 0.717) is 17.8 Å². The number of nitrogens with zero attached hydrogens (tertiary/aromatic N) is 1. The number of nitro groups is 1. The van der Waals surface area contributed by atoms with Crippen molar-refractivity contribution in [3.05, 3.63) is 39.9 Å². The molecule has 0 aromatic heterocycles. The molecule has 5 nitrogen and oxygen atoms in total. The van der Waals surface area contributed by atoms with E-state index in [4.69, 9.17) is 21.1 Å². The summed E-state index contributed by atoms with van der Waals surface area (Å²) in [5.41, 5.74) is 0.771. The monoisotopic (exact) mass is 335 g/mol. The second-order valence-electron chi connectivity index (χ2n) is 3.90. The molecular weight excluding hydrogens is 325 g/mol. The number of ether oxygens (including phenoxy) is 2. The Hall–Kier alpha value is -0.690. The van der Waals surface area contributed by atoms with E-state index in [1.165, 1.54) is 12.1 Å². The van der Waals surface area contributed by atoms with Crippen molar-refractivity contribution in [2.24, 2.45) is 0 Å². The summed E-state index contributed by atoms with van der Waals surface area (Å²) >= 11 is 9.08. The molecule has 0 N–H and O–H groups in total. The van der Waals surface area contributed by atoms with Crippen molar-refractivity contribution in [3.8, 4) is 0 Å².